The smallest absolute Gasteiger partial charge is 0.320 e. The molecule has 5 nitrogen and oxygen atoms in total. The third-order valence-corrected chi connectivity index (χ3v) is 5.20. The Kier molecular flexibility index (Phi) is 4.60. The second-order valence-electron chi connectivity index (χ2n) is 5.35. The number of aliphatic carboxylic acids is 1. The maximum atomic E-state index is 12.4. The second kappa shape index (κ2) is 6.03. The molecule has 0 bridgehead atoms. The average molecular weight is 286 g/mol. The van der Waals surface area contributed by atoms with E-state index >= 15 is 0 Å². The Morgan fingerprint density at radius 2 is 1.89 bits per heavy atom. The van der Waals surface area contributed by atoms with E-state index in [1.807, 2.05) is 23.6 Å². The van der Waals surface area contributed by atoms with Crippen molar-refractivity contribution in [2.45, 2.75) is 26.2 Å². The molecule has 6 heteroatoms. The monoisotopic (exact) mass is 286 g/mol. The number of rotatable bonds is 2. The Morgan fingerprint density at radius 1 is 1.21 bits per heavy atom. The number of carbonyl (C=O) groups excluding carboxylic acids is 1. The number of carboxylic acid groups (broad SMARTS) is 1. The van der Waals surface area contributed by atoms with Gasteiger partial charge in [-0.05, 0) is 19.3 Å². The maximum absolute atomic E-state index is 12.4. The van der Waals surface area contributed by atoms with Gasteiger partial charge < -0.3 is 14.9 Å². The SMILES string of the molecule is CCC1(C(=O)O)CCCN(C(=O)N2CCSCC2)C1. The standard InChI is InChI=1S/C13H22N2O3S/c1-2-13(11(16)17)4-3-5-15(10-13)12(18)14-6-8-19-9-7-14/h2-10H2,1H3,(H,16,17). The van der Waals surface area contributed by atoms with Crippen LogP contribution in [0.1, 0.15) is 26.2 Å². The van der Waals surface area contributed by atoms with Crippen molar-refractivity contribution in [1.82, 2.24) is 9.80 Å². The van der Waals surface area contributed by atoms with E-state index in [0.717, 1.165) is 31.0 Å². The van der Waals surface area contributed by atoms with Crippen LogP contribution in [-0.4, -0.2) is 64.6 Å². The van der Waals surface area contributed by atoms with Crippen LogP contribution in [0.3, 0.4) is 0 Å². The van der Waals surface area contributed by atoms with Crippen LogP contribution >= 0.6 is 11.8 Å². The molecule has 0 radical (unpaired) electrons. The lowest BCUT2D eigenvalue weighted by Gasteiger charge is -2.41. The fourth-order valence-corrected chi connectivity index (χ4v) is 3.77. The van der Waals surface area contributed by atoms with Gasteiger partial charge >= 0.3 is 12.0 Å². The Morgan fingerprint density at radius 3 is 2.47 bits per heavy atom. The number of hydrogen-bond donors (Lipinski definition) is 1. The van der Waals surface area contributed by atoms with Gasteiger partial charge in [0.2, 0.25) is 0 Å². The molecule has 0 aromatic carbocycles. The highest BCUT2D eigenvalue weighted by Crippen LogP contribution is 2.34. The van der Waals surface area contributed by atoms with E-state index in [4.69, 9.17) is 0 Å². The molecule has 2 heterocycles. The number of piperidine rings is 1. The fourth-order valence-electron chi connectivity index (χ4n) is 2.86. The van der Waals surface area contributed by atoms with Gasteiger partial charge in [-0.15, -0.1) is 0 Å². The molecule has 0 spiro atoms. The molecule has 0 saturated carbocycles. The van der Waals surface area contributed by atoms with Crippen molar-refractivity contribution in [2.24, 2.45) is 5.41 Å². The van der Waals surface area contributed by atoms with Gasteiger partial charge in [0, 0.05) is 37.7 Å². The molecule has 2 aliphatic heterocycles. The summed E-state index contributed by atoms with van der Waals surface area (Å²) in [6.45, 7) is 4.52. The lowest BCUT2D eigenvalue weighted by atomic mass is 9.78. The van der Waals surface area contributed by atoms with Crippen molar-refractivity contribution in [2.75, 3.05) is 37.7 Å². The molecule has 2 amide bonds. The molecule has 19 heavy (non-hydrogen) atoms. The van der Waals surface area contributed by atoms with E-state index in [0.29, 0.717) is 25.9 Å². The van der Waals surface area contributed by atoms with Crippen LogP contribution in [0.25, 0.3) is 0 Å². The first kappa shape index (κ1) is 14.5. The van der Waals surface area contributed by atoms with E-state index in [-0.39, 0.29) is 6.03 Å². The zero-order valence-corrected chi connectivity index (χ0v) is 12.2. The molecule has 2 rings (SSSR count). The summed E-state index contributed by atoms with van der Waals surface area (Å²) in [6, 6.07) is 0.0269. The van der Waals surface area contributed by atoms with E-state index in [1.54, 1.807) is 4.90 Å². The summed E-state index contributed by atoms with van der Waals surface area (Å²) in [7, 11) is 0. The van der Waals surface area contributed by atoms with Crippen LogP contribution in [0, 0.1) is 5.41 Å². The molecule has 1 atom stereocenters. The van der Waals surface area contributed by atoms with Gasteiger partial charge in [-0.25, -0.2) is 4.79 Å². The molecular formula is C13H22N2O3S. The molecular weight excluding hydrogens is 264 g/mol. The van der Waals surface area contributed by atoms with Gasteiger partial charge in [-0.3, -0.25) is 4.79 Å². The first-order chi connectivity index (χ1) is 9.09. The van der Waals surface area contributed by atoms with Crippen molar-refractivity contribution in [1.29, 1.82) is 0 Å². The topological polar surface area (TPSA) is 60.9 Å². The Balaban J connectivity index is 2.03. The van der Waals surface area contributed by atoms with Gasteiger partial charge in [-0.1, -0.05) is 6.92 Å². The van der Waals surface area contributed by atoms with Crippen molar-refractivity contribution in [3.63, 3.8) is 0 Å². The minimum atomic E-state index is -0.762. The highest BCUT2D eigenvalue weighted by Gasteiger charge is 2.42. The summed E-state index contributed by atoms with van der Waals surface area (Å²) in [6.07, 6.45) is 2.05. The lowest BCUT2D eigenvalue weighted by molar-refractivity contribution is -0.152. The Labute approximate surface area is 118 Å². The summed E-state index contributed by atoms with van der Waals surface area (Å²) in [5.41, 5.74) is -0.738. The molecule has 0 aromatic heterocycles. The summed E-state index contributed by atoms with van der Waals surface area (Å²) in [4.78, 5) is 27.5. The lowest BCUT2D eigenvalue weighted by Crippen LogP contribution is -2.54. The van der Waals surface area contributed by atoms with Gasteiger partial charge in [0.15, 0.2) is 0 Å². The molecule has 2 fully saturated rings. The van der Waals surface area contributed by atoms with Crippen molar-refractivity contribution in [3.8, 4) is 0 Å². The van der Waals surface area contributed by atoms with Crippen molar-refractivity contribution in [3.05, 3.63) is 0 Å². The minimum absolute atomic E-state index is 0.0269. The summed E-state index contributed by atoms with van der Waals surface area (Å²) >= 11 is 1.87. The second-order valence-corrected chi connectivity index (χ2v) is 6.57. The maximum Gasteiger partial charge on any atom is 0.320 e. The zero-order valence-electron chi connectivity index (χ0n) is 11.4. The summed E-state index contributed by atoms with van der Waals surface area (Å²) < 4.78 is 0. The summed E-state index contributed by atoms with van der Waals surface area (Å²) in [5, 5.41) is 9.44. The number of carbonyl (C=O) groups is 2. The molecule has 0 aromatic rings. The zero-order chi connectivity index (χ0) is 13.9. The fraction of sp³-hybridized carbons (Fsp3) is 0.846. The number of urea groups is 1. The van der Waals surface area contributed by atoms with E-state index in [1.165, 1.54) is 0 Å². The minimum Gasteiger partial charge on any atom is -0.481 e. The van der Waals surface area contributed by atoms with Gasteiger partial charge in [0.1, 0.15) is 0 Å². The average Bonchev–Trinajstić information content (AvgIpc) is 2.47. The third-order valence-electron chi connectivity index (χ3n) is 4.26. The highest BCUT2D eigenvalue weighted by atomic mass is 32.2. The van der Waals surface area contributed by atoms with Crippen LogP contribution in [-0.2, 0) is 4.79 Å². The summed E-state index contributed by atoms with van der Waals surface area (Å²) in [5.74, 6) is 1.20. The van der Waals surface area contributed by atoms with Gasteiger partial charge in [0.05, 0.1) is 5.41 Å². The van der Waals surface area contributed by atoms with Gasteiger partial charge in [-0.2, -0.15) is 11.8 Å². The number of amides is 2. The van der Waals surface area contributed by atoms with Crippen LogP contribution < -0.4 is 0 Å². The molecule has 0 aliphatic carbocycles. The van der Waals surface area contributed by atoms with E-state index in [9.17, 15) is 14.7 Å². The van der Waals surface area contributed by atoms with Crippen LogP contribution in [0.15, 0.2) is 0 Å². The number of nitrogens with zero attached hydrogens (tertiary/aromatic N) is 2. The predicted molar refractivity (Wildman–Crippen MR) is 75.5 cm³/mol. The Hall–Kier alpha value is -0.910. The number of thioether (sulfide) groups is 1. The third kappa shape index (κ3) is 2.99. The molecule has 1 unspecified atom stereocenters. The molecule has 2 saturated heterocycles. The number of hydrogen-bond acceptors (Lipinski definition) is 3. The van der Waals surface area contributed by atoms with Crippen molar-refractivity contribution < 1.29 is 14.7 Å². The quantitative estimate of drug-likeness (QED) is 0.840. The largest absolute Gasteiger partial charge is 0.481 e. The van der Waals surface area contributed by atoms with Crippen LogP contribution in [0.4, 0.5) is 4.79 Å². The van der Waals surface area contributed by atoms with Crippen LogP contribution in [0.5, 0.6) is 0 Å². The molecule has 1 N–H and O–H groups in total. The van der Waals surface area contributed by atoms with Crippen molar-refractivity contribution >= 4 is 23.8 Å². The molecule has 108 valence electrons. The Bertz CT molecular complexity index is 358. The number of likely N-dealkylation sites (tertiary alicyclic amines) is 1. The normalized spacial score (nSPS) is 28.3. The van der Waals surface area contributed by atoms with Gasteiger partial charge in [0.25, 0.3) is 0 Å². The van der Waals surface area contributed by atoms with E-state index in [2.05, 4.69) is 0 Å². The highest BCUT2D eigenvalue weighted by molar-refractivity contribution is 7.99. The predicted octanol–water partition coefficient (Wildman–Crippen LogP) is 1.73. The van der Waals surface area contributed by atoms with Crippen LogP contribution in [0.2, 0.25) is 0 Å². The first-order valence-electron chi connectivity index (χ1n) is 6.94. The molecule has 2 aliphatic rings. The van der Waals surface area contributed by atoms with E-state index < -0.39 is 11.4 Å². The number of carboxylic acids is 1. The first-order valence-corrected chi connectivity index (χ1v) is 8.09.